The molecule has 0 radical (unpaired) electrons. The van der Waals surface area contributed by atoms with Crippen molar-refractivity contribution in [3.8, 4) is 0 Å². The van der Waals surface area contributed by atoms with Gasteiger partial charge in [-0.1, -0.05) is 23.7 Å². The van der Waals surface area contributed by atoms with E-state index in [1.54, 1.807) is 17.7 Å². The first kappa shape index (κ1) is 13.3. The molecule has 4 heteroatoms. The minimum atomic E-state index is 0.00464. The molecule has 1 saturated carbocycles. The van der Waals surface area contributed by atoms with Gasteiger partial charge >= 0.3 is 0 Å². The number of halogens is 1. The summed E-state index contributed by atoms with van der Waals surface area (Å²) in [6, 6.07) is 11.7. The number of aromatic nitrogens is 1. The third kappa shape index (κ3) is 2.88. The SMILES string of the molecule is Cn1cc(NC(c2ccc(Cl)cc2)C2CC2)ccc1=O. The molecule has 3 rings (SSSR count). The Kier molecular flexibility index (Phi) is 3.53. The third-order valence-corrected chi connectivity index (χ3v) is 3.98. The second-order valence-corrected chi connectivity index (χ2v) is 5.81. The molecule has 0 amide bonds. The number of aryl methyl sites for hydroxylation is 1. The smallest absolute Gasteiger partial charge is 0.250 e. The van der Waals surface area contributed by atoms with Crippen molar-refractivity contribution in [3.05, 3.63) is 63.5 Å². The van der Waals surface area contributed by atoms with E-state index < -0.39 is 0 Å². The molecule has 0 bridgehead atoms. The van der Waals surface area contributed by atoms with Crippen LogP contribution in [0.25, 0.3) is 0 Å². The molecule has 20 heavy (non-hydrogen) atoms. The lowest BCUT2D eigenvalue weighted by atomic mass is 10.0. The zero-order chi connectivity index (χ0) is 14.1. The fraction of sp³-hybridized carbons (Fsp3) is 0.312. The van der Waals surface area contributed by atoms with Gasteiger partial charge in [0.1, 0.15) is 0 Å². The van der Waals surface area contributed by atoms with Crippen LogP contribution in [0.15, 0.2) is 47.4 Å². The summed E-state index contributed by atoms with van der Waals surface area (Å²) in [4.78, 5) is 11.4. The molecule has 1 aromatic carbocycles. The molecule has 3 nitrogen and oxygen atoms in total. The van der Waals surface area contributed by atoms with Crippen molar-refractivity contribution in [1.82, 2.24) is 4.57 Å². The number of nitrogens with zero attached hydrogens (tertiary/aromatic N) is 1. The van der Waals surface area contributed by atoms with Gasteiger partial charge in [-0.15, -0.1) is 0 Å². The van der Waals surface area contributed by atoms with E-state index in [2.05, 4.69) is 17.4 Å². The lowest BCUT2D eigenvalue weighted by Crippen LogP contribution is -2.18. The van der Waals surface area contributed by atoms with Crippen molar-refractivity contribution >= 4 is 17.3 Å². The molecular weight excluding hydrogens is 272 g/mol. The van der Waals surface area contributed by atoms with Gasteiger partial charge in [0.15, 0.2) is 0 Å². The van der Waals surface area contributed by atoms with E-state index in [0.717, 1.165) is 10.7 Å². The van der Waals surface area contributed by atoms with Crippen LogP contribution in [-0.2, 0) is 7.05 Å². The minimum Gasteiger partial charge on any atom is -0.377 e. The second kappa shape index (κ2) is 5.33. The Hall–Kier alpha value is -1.74. The number of nitrogens with one attached hydrogen (secondary N) is 1. The van der Waals surface area contributed by atoms with Crippen LogP contribution in [-0.4, -0.2) is 4.57 Å². The van der Waals surface area contributed by atoms with Crippen molar-refractivity contribution in [3.63, 3.8) is 0 Å². The second-order valence-electron chi connectivity index (χ2n) is 5.38. The average Bonchev–Trinajstić information content (AvgIpc) is 3.26. The fourth-order valence-electron chi connectivity index (χ4n) is 2.43. The van der Waals surface area contributed by atoms with E-state index in [9.17, 15) is 4.79 Å². The molecule has 1 heterocycles. The summed E-state index contributed by atoms with van der Waals surface area (Å²) in [5.74, 6) is 0.661. The van der Waals surface area contributed by atoms with E-state index >= 15 is 0 Å². The summed E-state index contributed by atoms with van der Waals surface area (Å²) in [5, 5.41) is 4.30. The van der Waals surface area contributed by atoms with Gasteiger partial charge < -0.3 is 9.88 Å². The largest absolute Gasteiger partial charge is 0.377 e. The quantitative estimate of drug-likeness (QED) is 0.933. The normalized spacial score (nSPS) is 15.9. The summed E-state index contributed by atoms with van der Waals surface area (Å²) >= 11 is 5.95. The molecule has 0 saturated heterocycles. The maximum atomic E-state index is 11.4. The number of benzene rings is 1. The molecule has 1 atom stereocenters. The van der Waals surface area contributed by atoms with Crippen LogP contribution in [0.3, 0.4) is 0 Å². The lowest BCUT2D eigenvalue weighted by molar-refractivity contribution is 0.677. The summed E-state index contributed by atoms with van der Waals surface area (Å²) < 4.78 is 1.59. The molecule has 0 spiro atoms. The van der Waals surface area contributed by atoms with Crippen LogP contribution in [0.5, 0.6) is 0 Å². The number of rotatable bonds is 4. The van der Waals surface area contributed by atoms with E-state index in [4.69, 9.17) is 11.6 Å². The minimum absolute atomic E-state index is 0.00464. The van der Waals surface area contributed by atoms with Crippen molar-refractivity contribution in [2.24, 2.45) is 13.0 Å². The Morgan fingerprint density at radius 1 is 1.20 bits per heavy atom. The molecule has 1 aliphatic rings. The Balaban J connectivity index is 1.86. The predicted molar refractivity (Wildman–Crippen MR) is 82.2 cm³/mol. The molecule has 1 N–H and O–H groups in total. The molecule has 1 aliphatic carbocycles. The predicted octanol–water partition coefficient (Wildman–Crippen LogP) is 3.60. The van der Waals surface area contributed by atoms with Crippen molar-refractivity contribution in [1.29, 1.82) is 0 Å². The first-order valence-electron chi connectivity index (χ1n) is 6.82. The highest BCUT2D eigenvalue weighted by Crippen LogP contribution is 2.42. The summed E-state index contributed by atoms with van der Waals surface area (Å²) in [5.41, 5.74) is 2.22. The van der Waals surface area contributed by atoms with Gasteiger partial charge in [-0.25, -0.2) is 0 Å². The molecule has 0 aliphatic heterocycles. The highest BCUT2D eigenvalue weighted by atomic mass is 35.5. The topological polar surface area (TPSA) is 34.0 Å². The summed E-state index contributed by atoms with van der Waals surface area (Å²) in [7, 11) is 1.77. The highest BCUT2D eigenvalue weighted by molar-refractivity contribution is 6.30. The average molecular weight is 289 g/mol. The molecular formula is C16H17ClN2O. The zero-order valence-corrected chi connectivity index (χ0v) is 12.1. The number of hydrogen-bond donors (Lipinski definition) is 1. The van der Waals surface area contributed by atoms with E-state index in [0.29, 0.717) is 5.92 Å². The molecule has 2 aromatic rings. The monoisotopic (exact) mass is 288 g/mol. The van der Waals surface area contributed by atoms with E-state index in [1.807, 2.05) is 24.4 Å². The fourth-order valence-corrected chi connectivity index (χ4v) is 2.56. The van der Waals surface area contributed by atoms with Crippen LogP contribution in [0.2, 0.25) is 5.02 Å². The van der Waals surface area contributed by atoms with Gasteiger partial charge in [0.25, 0.3) is 0 Å². The molecule has 104 valence electrons. The maximum absolute atomic E-state index is 11.4. The maximum Gasteiger partial charge on any atom is 0.250 e. The van der Waals surface area contributed by atoms with E-state index in [-0.39, 0.29) is 11.6 Å². The van der Waals surface area contributed by atoms with Gasteiger partial charge in [-0.3, -0.25) is 4.79 Å². The van der Waals surface area contributed by atoms with Gasteiger partial charge in [0, 0.05) is 24.3 Å². The van der Waals surface area contributed by atoms with Crippen molar-refractivity contribution in [2.75, 3.05) is 5.32 Å². The van der Waals surface area contributed by atoms with Gasteiger partial charge in [0.05, 0.1) is 11.7 Å². The van der Waals surface area contributed by atoms with E-state index in [1.165, 1.54) is 18.4 Å². The van der Waals surface area contributed by atoms with Crippen LogP contribution in [0.1, 0.15) is 24.4 Å². The van der Waals surface area contributed by atoms with Gasteiger partial charge in [-0.05, 0) is 42.5 Å². The molecule has 1 unspecified atom stereocenters. The molecule has 1 fully saturated rings. The standard InChI is InChI=1S/C16H17ClN2O/c1-19-10-14(8-9-15(19)20)18-16(11-2-3-11)12-4-6-13(17)7-5-12/h4-11,16,18H,2-3H2,1H3. The van der Waals surface area contributed by atoms with Crippen LogP contribution in [0.4, 0.5) is 5.69 Å². The Morgan fingerprint density at radius 2 is 1.90 bits per heavy atom. The van der Waals surface area contributed by atoms with Crippen LogP contribution in [0, 0.1) is 5.92 Å². The summed E-state index contributed by atoms with van der Waals surface area (Å²) in [6.07, 6.45) is 4.33. The van der Waals surface area contributed by atoms with Crippen LogP contribution < -0.4 is 10.9 Å². The Bertz CT molecular complexity index is 659. The lowest BCUT2D eigenvalue weighted by Gasteiger charge is -2.20. The van der Waals surface area contributed by atoms with Gasteiger partial charge in [0.2, 0.25) is 5.56 Å². The first-order chi connectivity index (χ1) is 9.63. The van der Waals surface area contributed by atoms with Gasteiger partial charge in [-0.2, -0.15) is 0 Å². The highest BCUT2D eigenvalue weighted by Gasteiger charge is 2.32. The Labute approximate surface area is 123 Å². The summed E-state index contributed by atoms with van der Waals surface area (Å²) in [6.45, 7) is 0. The number of pyridine rings is 1. The number of anilines is 1. The van der Waals surface area contributed by atoms with Crippen molar-refractivity contribution in [2.45, 2.75) is 18.9 Å². The van der Waals surface area contributed by atoms with Crippen molar-refractivity contribution < 1.29 is 0 Å². The number of hydrogen-bond acceptors (Lipinski definition) is 2. The third-order valence-electron chi connectivity index (χ3n) is 3.73. The molecule has 1 aromatic heterocycles. The first-order valence-corrected chi connectivity index (χ1v) is 7.20. The Morgan fingerprint density at radius 3 is 2.50 bits per heavy atom. The van der Waals surface area contributed by atoms with Crippen LogP contribution >= 0.6 is 11.6 Å². The zero-order valence-electron chi connectivity index (χ0n) is 11.3.